The fourth-order valence-corrected chi connectivity index (χ4v) is 6.47. The van der Waals surface area contributed by atoms with Crippen molar-refractivity contribution in [1.82, 2.24) is 0 Å². The number of carbonyl (C=O) groups excluding carboxylic acids is 3. The van der Waals surface area contributed by atoms with Crippen molar-refractivity contribution in [1.29, 1.82) is 0 Å². The van der Waals surface area contributed by atoms with E-state index in [0.29, 0.717) is 19.3 Å². The van der Waals surface area contributed by atoms with Gasteiger partial charge in [0, 0.05) is 19.3 Å². The van der Waals surface area contributed by atoms with E-state index < -0.39 is 6.10 Å². The van der Waals surface area contributed by atoms with E-state index >= 15 is 0 Å². The van der Waals surface area contributed by atoms with Crippen LogP contribution >= 0.6 is 0 Å². The molecule has 64 heavy (non-hydrogen) atoms. The van der Waals surface area contributed by atoms with Crippen LogP contribution in [0.4, 0.5) is 0 Å². The zero-order valence-corrected chi connectivity index (χ0v) is 41.0. The fraction of sp³-hybridized carbons (Fsp3) is 0.603. The Hall–Kier alpha value is -4.19. The maximum Gasteiger partial charge on any atom is 0.306 e. The number of carbonyl (C=O) groups is 3. The molecule has 0 bridgehead atoms. The molecule has 0 radical (unpaired) electrons. The highest BCUT2D eigenvalue weighted by atomic mass is 16.6. The molecule has 0 aliphatic heterocycles. The van der Waals surface area contributed by atoms with Crippen LogP contribution in [0.5, 0.6) is 0 Å². The van der Waals surface area contributed by atoms with Gasteiger partial charge in [0.2, 0.25) is 0 Å². The van der Waals surface area contributed by atoms with E-state index in [1.165, 1.54) is 38.5 Å². The molecule has 6 heteroatoms. The Kier molecular flexibility index (Phi) is 48.1. The Labute approximate surface area is 392 Å². The number of esters is 3. The van der Waals surface area contributed by atoms with Gasteiger partial charge in [-0.05, 0) is 116 Å². The number of hydrogen-bond acceptors (Lipinski definition) is 6. The number of allylic oxidation sites excluding steroid dienone is 20. The molecule has 0 aromatic rings. The number of ether oxygens (including phenoxy) is 3. The van der Waals surface area contributed by atoms with Crippen LogP contribution in [-0.2, 0) is 28.6 Å². The van der Waals surface area contributed by atoms with Crippen molar-refractivity contribution in [2.45, 2.75) is 213 Å². The van der Waals surface area contributed by atoms with Crippen LogP contribution in [0.3, 0.4) is 0 Å². The molecule has 0 heterocycles. The number of hydrogen-bond donors (Lipinski definition) is 0. The maximum atomic E-state index is 12.8. The van der Waals surface area contributed by atoms with E-state index in [9.17, 15) is 14.4 Å². The van der Waals surface area contributed by atoms with Crippen LogP contribution in [0.25, 0.3) is 0 Å². The molecule has 0 aromatic carbocycles. The minimum absolute atomic E-state index is 0.113. The fourth-order valence-electron chi connectivity index (χ4n) is 6.47. The zero-order chi connectivity index (χ0) is 46.5. The molecule has 0 N–H and O–H groups in total. The summed E-state index contributed by atoms with van der Waals surface area (Å²) in [6.07, 6.45) is 70.5. The van der Waals surface area contributed by atoms with Crippen molar-refractivity contribution in [3.05, 3.63) is 122 Å². The SMILES string of the molecule is CC/C=C\C/C=C\C/C=C\C/C=C\CCCCCC(=O)OC(COC(=O)CCC/C=C\C/C=C\C/C=C\CC)COC(=O)CCCCCCCCCCC/C=C\C/C=C\C/C=C\CC. The molecule has 0 spiro atoms. The average molecular weight is 885 g/mol. The molecule has 1 atom stereocenters. The second-order valence-corrected chi connectivity index (χ2v) is 16.3. The summed E-state index contributed by atoms with van der Waals surface area (Å²) in [5.74, 6) is -1.02. The van der Waals surface area contributed by atoms with Gasteiger partial charge in [0.15, 0.2) is 6.10 Å². The van der Waals surface area contributed by atoms with Gasteiger partial charge in [0.05, 0.1) is 0 Å². The molecule has 0 saturated heterocycles. The summed E-state index contributed by atoms with van der Waals surface area (Å²) in [6, 6.07) is 0. The van der Waals surface area contributed by atoms with Crippen LogP contribution in [0, 0.1) is 0 Å². The van der Waals surface area contributed by atoms with Gasteiger partial charge in [-0.15, -0.1) is 0 Å². The van der Waals surface area contributed by atoms with Crippen LogP contribution in [0.1, 0.15) is 207 Å². The lowest BCUT2D eigenvalue weighted by atomic mass is 10.1. The molecule has 0 amide bonds. The van der Waals surface area contributed by atoms with Gasteiger partial charge in [0.1, 0.15) is 13.2 Å². The highest BCUT2D eigenvalue weighted by Gasteiger charge is 2.19. The average Bonchev–Trinajstić information content (AvgIpc) is 3.29. The zero-order valence-electron chi connectivity index (χ0n) is 41.0. The van der Waals surface area contributed by atoms with E-state index in [2.05, 4.69) is 142 Å². The summed E-state index contributed by atoms with van der Waals surface area (Å²) in [5.41, 5.74) is 0. The first-order valence-electron chi connectivity index (χ1n) is 25.5. The van der Waals surface area contributed by atoms with Crippen molar-refractivity contribution in [3.63, 3.8) is 0 Å². The summed E-state index contributed by atoms with van der Waals surface area (Å²) in [6.45, 7) is 6.20. The third kappa shape index (κ3) is 48.8. The normalized spacial score (nSPS) is 13.1. The van der Waals surface area contributed by atoms with Crippen molar-refractivity contribution in [3.8, 4) is 0 Å². The maximum absolute atomic E-state index is 12.8. The Bertz CT molecular complexity index is 1390. The first-order valence-corrected chi connectivity index (χ1v) is 25.5. The largest absolute Gasteiger partial charge is 0.462 e. The Morgan fingerprint density at radius 1 is 0.312 bits per heavy atom. The summed E-state index contributed by atoms with van der Waals surface area (Å²) >= 11 is 0. The second-order valence-electron chi connectivity index (χ2n) is 16.3. The van der Waals surface area contributed by atoms with E-state index in [-0.39, 0.29) is 44.0 Å². The van der Waals surface area contributed by atoms with Crippen molar-refractivity contribution < 1.29 is 28.6 Å². The molecule has 0 saturated carbocycles. The number of rotatable bonds is 44. The quantitative estimate of drug-likeness (QED) is 0.0262. The van der Waals surface area contributed by atoms with E-state index in [0.717, 1.165) is 116 Å². The molecular weight excluding hydrogens is 793 g/mol. The highest BCUT2D eigenvalue weighted by molar-refractivity contribution is 5.71. The van der Waals surface area contributed by atoms with Crippen LogP contribution in [-0.4, -0.2) is 37.2 Å². The Morgan fingerprint density at radius 2 is 0.578 bits per heavy atom. The van der Waals surface area contributed by atoms with Gasteiger partial charge in [0.25, 0.3) is 0 Å². The van der Waals surface area contributed by atoms with Crippen molar-refractivity contribution in [2.75, 3.05) is 13.2 Å². The topological polar surface area (TPSA) is 78.9 Å². The molecule has 6 nitrogen and oxygen atoms in total. The standard InChI is InChI=1S/C58H92O6/c1-4-7-10-13-16-19-22-24-26-28-29-30-32-33-36-39-42-45-48-51-57(60)63-54-55(53-62-56(59)50-47-44-41-38-35-21-18-15-12-9-6-3)64-58(61)52-49-46-43-40-37-34-31-27-25-23-20-17-14-11-8-5-2/h7-12,16-21,24-27,34,37-38,41,55H,4-6,13-15,22-23,28-33,35-36,39-40,42-54H2,1-3H3/b10-7-,11-8-,12-9-,19-16-,20-17-,21-18-,26-24-,27-25-,37-34-,41-38-. The minimum atomic E-state index is -0.820. The highest BCUT2D eigenvalue weighted by Crippen LogP contribution is 2.13. The van der Waals surface area contributed by atoms with Crippen molar-refractivity contribution >= 4 is 17.9 Å². The Morgan fingerprint density at radius 3 is 0.953 bits per heavy atom. The van der Waals surface area contributed by atoms with E-state index in [1.54, 1.807) is 0 Å². The molecule has 0 aliphatic rings. The third-order valence-corrected chi connectivity index (χ3v) is 10.2. The molecule has 0 rings (SSSR count). The Balaban J connectivity index is 4.47. The summed E-state index contributed by atoms with van der Waals surface area (Å²) in [5, 5.41) is 0. The van der Waals surface area contributed by atoms with Crippen LogP contribution in [0.2, 0.25) is 0 Å². The summed E-state index contributed by atoms with van der Waals surface area (Å²) < 4.78 is 16.7. The van der Waals surface area contributed by atoms with Gasteiger partial charge < -0.3 is 14.2 Å². The molecule has 0 aliphatic carbocycles. The predicted molar refractivity (Wildman–Crippen MR) is 274 cm³/mol. The lowest BCUT2D eigenvalue weighted by Crippen LogP contribution is -2.30. The van der Waals surface area contributed by atoms with Gasteiger partial charge in [-0.25, -0.2) is 0 Å². The number of unbranched alkanes of at least 4 members (excludes halogenated alkanes) is 13. The van der Waals surface area contributed by atoms with Gasteiger partial charge in [-0.1, -0.05) is 194 Å². The van der Waals surface area contributed by atoms with Gasteiger partial charge in [-0.2, -0.15) is 0 Å². The molecule has 1 unspecified atom stereocenters. The molecule has 0 aromatic heterocycles. The third-order valence-electron chi connectivity index (χ3n) is 10.2. The smallest absolute Gasteiger partial charge is 0.306 e. The lowest BCUT2D eigenvalue weighted by molar-refractivity contribution is -0.167. The molecular formula is C58H92O6. The lowest BCUT2D eigenvalue weighted by Gasteiger charge is -2.18. The first kappa shape index (κ1) is 59.8. The summed E-state index contributed by atoms with van der Waals surface area (Å²) in [7, 11) is 0. The second kappa shape index (κ2) is 51.4. The van der Waals surface area contributed by atoms with Gasteiger partial charge >= 0.3 is 17.9 Å². The molecule has 360 valence electrons. The van der Waals surface area contributed by atoms with Crippen LogP contribution in [0.15, 0.2) is 122 Å². The predicted octanol–water partition coefficient (Wildman–Crippen LogP) is 16.9. The van der Waals surface area contributed by atoms with E-state index in [1.807, 2.05) is 0 Å². The minimum Gasteiger partial charge on any atom is -0.462 e. The first-order chi connectivity index (χ1) is 31.5. The van der Waals surface area contributed by atoms with Crippen LogP contribution < -0.4 is 0 Å². The monoisotopic (exact) mass is 885 g/mol. The van der Waals surface area contributed by atoms with Gasteiger partial charge in [-0.3, -0.25) is 14.4 Å². The van der Waals surface area contributed by atoms with E-state index in [4.69, 9.17) is 14.2 Å². The summed E-state index contributed by atoms with van der Waals surface area (Å²) in [4.78, 5) is 37.9. The molecule has 0 fully saturated rings. The van der Waals surface area contributed by atoms with Crippen molar-refractivity contribution in [2.24, 2.45) is 0 Å².